The van der Waals surface area contributed by atoms with Gasteiger partial charge in [0.25, 0.3) is 0 Å². The van der Waals surface area contributed by atoms with E-state index in [1.54, 1.807) is 6.07 Å². The molecule has 1 aromatic heterocycles. The fraction of sp³-hybridized carbons (Fsp3) is 0.607. The summed E-state index contributed by atoms with van der Waals surface area (Å²) >= 11 is 19.1. The summed E-state index contributed by atoms with van der Waals surface area (Å²) in [5.74, 6) is 1.13. The Kier molecular flexibility index (Phi) is 8.03. The van der Waals surface area contributed by atoms with Crippen LogP contribution >= 0.6 is 34.8 Å². The molecule has 3 fully saturated rings. The van der Waals surface area contributed by atoms with Crippen molar-refractivity contribution >= 4 is 52.5 Å². The molecule has 2 N–H and O–H groups in total. The lowest BCUT2D eigenvalue weighted by molar-refractivity contribution is -0.159. The predicted molar refractivity (Wildman–Crippen MR) is 154 cm³/mol. The van der Waals surface area contributed by atoms with Crippen LogP contribution in [0.15, 0.2) is 18.2 Å². The summed E-state index contributed by atoms with van der Waals surface area (Å²) in [6.45, 7) is 8.66. The van der Waals surface area contributed by atoms with Gasteiger partial charge in [-0.3, -0.25) is 9.69 Å². The Morgan fingerprint density at radius 3 is 2.63 bits per heavy atom. The first-order valence-electron chi connectivity index (χ1n) is 13.6. The van der Waals surface area contributed by atoms with Crippen LogP contribution in [0.3, 0.4) is 0 Å². The topological polar surface area (TPSA) is 81.6 Å². The number of hydrogen-bond acceptors (Lipinski definition) is 6. The first kappa shape index (κ1) is 27.8. The number of nitrogens with one attached hydrogen (secondary N) is 1. The third kappa shape index (κ3) is 5.45. The highest BCUT2D eigenvalue weighted by atomic mass is 35.5. The zero-order valence-corrected chi connectivity index (χ0v) is 24.5. The summed E-state index contributed by atoms with van der Waals surface area (Å²) in [4.78, 5) is 26.2. The number of rotatable bonds is 7. The number of anilines is 2. The number of carbonyl (C=O) groups is 1. The molecule has 2 saturated heterocycles. The van der Waals surface area contributed by atoms with E-state index in [4.69, 9.17) is 44.8 Å². The van der Waals surface area contributed by atoms with E-state index in [1.807, 2.05) is 32.9 Å². The molecule has 38 heavy (non-hydrogen) atoms. The van der Waals surface area contributed by atoms with Gasteiger partial charge in [-0.05, 0) is 83.0 Å². The molecule has 3 atom stereocenters. The maximum Gasteiger partial charge on any atom is 0.309 e. The molecule has 1 aliphatic carbocycles. The normalized spacial score (nSPS) is 28.7. The number of aromatic nitrogens is 2. The van der Waals surface area contributed by atoms with Crippen LogP contribution in [-0.2, 0) is 4.79 Å². The predicted octanol–water partition coefficient (Wildman–Crippen LogP) is 6.85. The lowest BCUT2D eigenvalue weighted by Gasteiger charge is -2.52. The average Bonchev–Trinajstić information content (AvgIpc) is 3.34. The summed E-state index contributed by atoms with van der Waals surface area (Å²) < 4.78 is 0. The van der Waals surface area contributed by atoms with E-state index in [-0.39, 0.29) is 6.04 Å². The first-order valence-corrected chi connectivity index (χ1v) is 14.7. The van der Waals surface area contributed by atoms with Gasteiger partial charge in [0, 0.05) is 35.2 Å². The molecule has 206 valence electrons. The highest BCUT2D eigenvalue weighted by molar-refractivity contribution is 6.35. The molecule has 1 aromatic carbocycles. The van der Waals surface area contributed by atoms with Crippen LogP contribution in [0.1, 0.15) is 69.7 Å². The van der Waals surface area contributed by atoms with Crippen LogP contribution in [0.2, 0.25) is 15.1 Å². The minimum absolute atomic E-state index is 0.125. The Morgan fingerprint density at radius 2 is 1.92 bits per heavy atom. The largest absolute Gasteiger partial charge is 0.481 e. The summed E-state index contributed by atoms with van der Waals surface area (Å²) in [6, 6.07) is 6.20. The fourth-order valence-electron chi connectivity index (χ4n) is 6.53. The number of carboxylic acids is 1. The Balaban J connectivity index is 1.29. The number of hydrogen-bond donors (Lipinski definition) is 2. The smallest absolute Gasteiger partial charge is 0.309 e. The Labute approximate surface area is 239 Å². The van der Waals surface area contributed by atoms with Gasteiger partial charge in [0.15, 0.2) is 5.82 Å². The highest BCUT2D eigenvalue weighted by Crippen LogP contribution is 2.46. The van der Waals surface area contributed by atoms with Crippen LogP contribution in [0.25, 0.3) is 0 Å². The fourth-order valence-corrected chi connectivity index (χ4v) is 7.24. The van der Waals surface area contributed by atoms with Gasteiger partial charge in [-0.25, -0.2) is 4.98 Å². The minimum atomic E-state index is -0.665. The number of likely N-dealkylation sites (tertiary alicyclic amines) is 1. The quantitative estimate of drug-likeness (QED) is 0.370. The van der Waals surface area contributed by atoms with Crippen LogP contribution in [0.5, 0.6) is 0 Å². The molecule has 2 aromatic rings. The van der Waals surface area contributed by atoms with Crippen molar-refractivity contribution in [1.82, 2.24) is 14.9 Å². The van der Waals surface area contributed by atoms with Gasteiger partial charge >= 0.3 is 5.97 Å². The molecule has 0 spiro atoms. The third-order valence-electron chi connectivity index (χ3n) is 8.79. The summed E-state index contributed by atoms with van der Waals surface area (Å²) in [7, 11) is 0. The van der Waals surface area contributed by atoms with E-state index < -0.39 is 11.4 Å². The van der Waals surface area contributed by atoms with Crippen molar-refractivity contribution in [3.63, 3.8) is 0 Å². The molecule has 3 aliphatic rings. The SMILES string of the molecule is Cc1nc(N2CCC(C3CCCCN3[C@H]3C[C@@](C)(C(=O)O)C3)C2)nc(N[C@H](C)c2ccc(Cl)cc2Cl)c1Cl. The second kappa shape index (κ2) is 11.0. The van der Waals surface area contributed by atoms with Crippen molar-refractivity contribution < 1.29 is 9.90 Å². The molecule has 3 heterocycles. The molecule has 2 aliphatic heterocycles. The van der Waals surface area contributed by atoms with Crippen LogP contribution in [-0.4, -0.2) is 57.7 Å². The Morgan fingerprint density at radius 1 is 1.16 bits per heavy atom. The number of halogens is 3. The van der Waals surface area contributed by atoms with Gasteiger partial charge in [-0.15, -0.1) is 0 Å². The van der Waals surface area contributed by atoms with E-state index in [1.165, 1.54) is 19.3 Å². The van der Waals surface area contributed by atoms with Crippen LogP contribution in [0, 0.1) is 18.3 Å². The van der Waals surface area contributed by atoms with Crippen molar-refractivity contribution in [3.05, 3.63) is 44.5 Å². The number of aliphatic carboxylic acids is 1. The van der Waals surface area contributed by atoms with E-state index in [0.29, 0.717) is 44.8 Å². The lowest BCUT2D eigenvalue weighted by Crippen LogP contribution is -2.58. The second-order valence-corrected chi connectivity index (χ2v) is 12.7. The van der Waals surface area contributed by atoms with Gasteiger partial charge < -0.3 is 15.3 Å². The maximum atomic E-state index is 11.7. The molecule has 10 heteroatoms. The van der Waals surface area contributed by atoms with E-state index >= 15 is 0 Å². The summed E-state index contributed by atoms with van der Waals surface area (Å²) in [6.07, 6.45) is 6.17. The van der Waals surface area contributed by atoms with Gasteiger partial charge in [0.05, 0.1) is 17.2 Å². The summed E-state index contributed by atoms with van der Waals surface area (Å²) in [5.41, 5.74) is 1.08. The zero-order chi connectivity index (χ0) is 27.2. The first-order chi connectivity index (χ1) is 18.1. The molecular formula is C28H36Cl3N5O2. The monoisotopic (exact) mass is 579 g/mol. The number of nitrogens with zero attached hydrogens (tertiary/aromatic N) is 4. The average molecular weight is 581 g/mol. The third-order valence-corrected chi connectivity index (χ3v) is 9.80. The molecule has 5 rings (SSSR count). The van der Waals surface area contributed by atoms with Crippen molar-refractivity contribution in [2.24, 2.45) is 11.3 Å². The van der Waals surface area contributed by atoms with Crippen LogP contribution < -0.4 is 10.2 Å². The maximum absolute atomic E-state index is 11.7. The highest BCUT2D eigenvalue weighted by Gasteiger charge is 2.51. The van der Waals surface area contributed by atoms with Gasteiger partial charge in [0.1, 0.15) is 5.02 Å². The molecule has 7 nitrogen and oxygen atoms in total. The van der Waals surface area contributed by atoms with Crippen molar-refractivity contribution in [2.45, 2.75) is 77.4 Å². The molecule has 0 amide bonds. The van der Waals surface area contributed by atoms with Crippen molar-refractivity contribution in [3.8, 4) is 0 Å². The van der Waals surface area contributed by atoms with Crippen molar-refractivity contribution in [1.29, 1.82) is 0 Å². The molecule has 2 unspecified atom stereocenters. The van der Waals surface area contributed by atoms with Crippen LogP contribution in [0.4, 0.5) is 11.8 Å². The van der Waals surface area contributed by atoms with E-state index in [0.717, 1.165) is 50.2 Å². The second-order valence-electron chi connectivity index (χ2n) is 11.5. The van der Waals surface area contributed by atoms with E-state index in [2.05, 4.69) is 15.1 Å². The Hall–Kier alpha value is -1.80. The van der Waals surface area contributed by atoms with Gasteiger partial charge in [-0.1, -0.05) is 47.3 Å². The number of carboxylic acid groups (broad SMARTS) is 1. The minimum Gasteiger partial charge on any atom is -0.481 e. The number of aryl methyl sites for hydroxylation is 1. The van der Waals surface area contributed by atoms with Gasteiger partial charge in [0.2, 0.25) is 5.95 Å². The van der Waals surface area contributed by atoms with E-state index in [9.17, 15) is 9.90 Å². The lowest BCUT2D eigenvalue weighted by atomic mass is 9.65. The number of piperidine rings is 1. The van der Waals surface area contributed by atoms with Crippen molar-refractivity contribution in [2.75, 3.05) is 29.9 Å². The zero-order valence-electron chi connectivity index (χ0n) is 22.2. The summed E-state index contributed by atoms with van der Waals surface area (Å²) in [5, 5.41) is 14.7. The standard InChI is InChI=1S/C28H36Cl3N5O2/c1-16(21-8-7-19(29)12-22(21)30)32-25-24(31)17(2)33-27(34-25)35-11-9-18(15-35)23-6-4-5-10-36(23)20-13-28(3,14-20)26(37)38/h7-8,12,16,18,20,23H,4-6,9-11,13-15H2,1-3H3,(H,37,38)(H,32,33,34)/t16-,18?,20-,23?,28+/m1/s1. The molecule has 1 saturated carbocycles. The molecular weight excluding hydrogens is 545 g/mol. The number of benzene rings is 1. The molecule has 0 radical (unpaired) electrons. The Bertz CT molecular complexity index is 1210. The molecule has 0 bridgehead atoms. The van der Waals surface area contributed by atoms with Gasteiger partial charge in [-0.2, -0.15) is 4.98 Å².